The lowest BCUT2D eigenvalue weighted by Crippen LogP contribution is -2.40. The first kappa shape index (κ1) is 20.0. The minimum absolute atomic E-state index is 0.206. The highest BCUT2D eigenvalue weighted by molar-refractivity contribution is 7.93. The van der Waals surface area contributed by atoms with Crippen molar-refractivity contribution in [3.63, 3.8) is 0 Å². The van der Waals surface area contributed by atoms with Crippen LogP contribution in [0.2, 0.25) is 0 Å². The van der Waals surface area contributed by atoms with E-state index in [1.54, 1.807) is 32.9 Å². The molecule has 142 valence electrons. The van der Waals surface area contributed by atoms with E-state index in [2.05, 4.69) is 10.0 Å². The highest BCUT2D eigenvalue weighted by Gasteiger charge is 2.28. The molecular weight excluding hydrogens is 362 g/mol. The quantitative estimate of drug-likeness (QED) is 0.693. The van der Waals surface area contributed by atoms with Gasteiger partial charge in [-0.3, -0.25) is 4.31 Å². The number of anilines is 2. The zero-order valence-corrected chi connectivity index (χ0v) is 16.6. The number of nitrogens with zero attached hydrogens (tertiary/aromatic N) is 1. The largest absolute Gasteiger partial charge is 0.385 e. The molecule has 1 aromatic carbocycles. The SMILES string of the molecule is CC(C)(C)S(=O)(=O)NCCCNc1ccc(N2CCCS2(=O)=O)cc1. The van der Waals surface area contributed by atoms with E-state index >= 15 is 0 Å². The van der Waals surface area contributed by atoms with Crippen molar-refractivity contribution in [2.24, 2.45) is 0 Å². The first-order valence-corrected chi connectivity index (χ1v) is 11.5. The molecule has 0 unspecified atom stereocenters. The van der Waals surface area contributed by atoms with Gasteiger partial charge in [0.2, 0.25) is 20.0 Å². The molecule has 0 amide bonds. The van der Waals surface area contributed by atoms with E-state index in [4.69, 9.17) is 0 Å². The molecule has 2 N–H and O–H groups in total. The van der Waals surface area contributed by atoms with Crippen molar-refractivity contribution in [3.8, 4) is 0 Å². The van der Waals surface area contributed by atoms with Gasteiger partial charge in [0, 0.05) is 25.3 Å². The fourth-order valence-corrected chi connectivity index (χ4v) is 4.83. The van der Waals surface area contributed by atoms with E-state index < -0.39 is 24.8 Å². The van der Waals surface area contributed by atoms with Crippen LogP contribution in [0.5, 0.6) is 0 Å². The van der Waals surface area contributed by atoms with Crippen molar-refractivity contribution in [2.45, 2.75) is 38.4 Å². The predicted octanol–water partition coefficient (Wildman–Crippen LogP) is 1.75. The van der Waals surface area contributed by atoms with Crippen molar-refractivity contribution in [3.05, 3.63) is 24.3 Å². The van der Waals surface area contributed by atoms with Crippen molar-refractivity contribution < 1.29 is 16.8 Å². The van der Waals surface area contributed by atoms with Crippen LogP contribution in [0.4, 0.5) is 11.4 Å². The molecule has 1 aliphatic rings. The van der Waals surface area contributed by atoms with Crippen LogP contribution < -0.4 is 14.3 Å². The summed E-state index contributed by atoms with van der Waals surface area (Å²) in [5, 5.41) is 3.21. The molecule has 0 aliphatic carbocycles. The average molecular weight is 390 g/mol. The Hall–Kier alpha value is -1.32. The maximum Gasteiger partial charge on any atom is 0.235 e. The van der Waals surface area contributed by atoms with Crippen LogP contribution in [-0.4, -0.2) is 47.0 Å². The lowest BCUT2D eigenvalue weighted by atomic mass is 10.2. The molecule has 0 saturated carbocycles. The van der Waals surface area contributed by atoms with Gasteiger partial charge >= 0.3 is 0 Å². The van der Waals surface area contributed by atoms with Gasteiger partial charge in [-0.1, -0.05) is 0 Å². The molecule has 25 heavy (non-hydrogen) atoms. The second-order valence-corrected chi connectivity index (χ2v) is 11.6. The van der Waals surface area contributed by atoms with Gasteiger partial charge in [0.15, 0.2) is 0 Å². The molecule has 0 spiro atoms. The Morgan fingerprint density at radius 3 is 2.28 bits per heavy atom. The first-order valence-electron chi connectivity index (χ1n) is 8.36. The van der Waals surface area contributed by atoms with Crippen LogP contribution in [0.1, 0.15) is 33.6 Å². The van der Waals surface area contributed by atoms with E-state index in [1.165, 1.54) is 4.31 Å². The van der Waals surface area contributed by atoms with Gasteiger partial charge in [-0.25, -0.2) is 21.6 Å². The average Bonchev–Trinajstić information content (AvgIpc) is 2.86. The number of sulfonamides is 2. The smallest absolute Gasteiger partial charge is 0.235 e. The molecule has 0 aromatic heterocycles. The predicted molar refractivity (Wildman–Crippen MR) is 102 cm³/mol. The van der Waals surface area contributed by atoms with Crippen molar-refractivity contribution in [1.82, 2.24) is 4.72 Å². The molecule has 2 rings (SSSR count). The summed E-state index contributed by atoms with van der Waals surface area (Å²) < 4.78 is 50.9. The van der Waals surface area contributed by atoms with Gasteiger partial charge in [-0.15, -0.1) is 0 Å². The Labute approximate surface area is 150 Å². The van der Waals surface area contributed by atoms with Gasteiger partial charge < -0.3 is 5.32 Å². The third kappa shape index (κ3) is 5.08. The second kappa shape index (κ2) is 7.51. The van der Waals surface area contributed by atoms with E-state index in [0.717, 1.165) is 5.69 Å². The fraction of sp³-hybridized carbons (Fsp3) is 0.625. The summed E-state index contributed by atoms with van der Waals surface area (Å²) in [5.41, 5.74) is 1.56. The Morgan fingerprint density at radius 2 is 1.76 bits per heavy atom. The van der Waals surface area contributed by atoms with Gasteiger partial charge in [-0.05, 0) is 57.9 Å². The Morgan fingerprint density at radius 1 is 1.12 bits per heavy atom. The lowest BCUT2D eigenvalue weighted by Gasteiger charge is -2.19. The van der Waals surface area contributed by atoms with E-state index in [1.807, 2.05) is 12.1 Å². The third-order valence-corrected chi connectivity index (χ3v) is 8.10. The minimum Gasteiger partial charge on any atom is -0.385 e. The number of nitrogens with one attached hydrogen (secondary N) is 2. The molecule has 1 saturated heterocycles. The summed E-state index contributed by atoms with van der Waals surface area (Å²) in [6.07, 6.45) is 1.31. The normalized spacial score (nSPS) is 17.6. The number of rotatable bonds is 7. The monoisotopic (exact) mass is 389 g/mol. The molecule has 0 atom stereocenters. The Kier molecular flexibility index (Phi) is 6.01. The molecule has 0 bridgehead atoms. The van der Waals surface area contributed by atoms with Gasteiger partial charge in [0.05, 0.1) is 16.2 Å². The molecule has 7 nitrogen and oxygen atoms in total. The molecule has 1 heterocycles. The van der Waals surface area contributed by atoms with Crippen molar-refractivity contribution in [1.29, 1.82) is 0 Å². The molecular formula is C16H27N3O4S2. The topological polar surface area (TPSA) is 95.6 Å². The number of hydrogen-bond donors (Lipinski definition) is 2. The summed E-state index contributed by atoms with van der Waals surface area (Å²) in [6, 6.07) is 7.24. The molecule has 9 heteroatoms. The highest BCUT2D eigenvalue weighted by Crippen LogP contribution is 2.25. The summed E-state index contributed by atoms with van der Waals surface area (Å²) in [6.45, 7) is 6.51. The molecule has 1 fully saturated rings. The van der Waals surface area contributed by atoms with Crippen molar-refractivity contribution >= 4 is 31.4 Å². The number of hydrogen-bond acceptors (Lipinski definition) is 5. The minimum atomic E-state index is -3.31. The van der Waals surface area contributed by atoms with E-state index in [9.17, 15) is 16.8 Å². The number of benzene rings is 1. The summed E-state index contributed by atoms with van der Waals surface area (Å²) in [5.74, 6) is 0.206. The fourth-order valence-electron chi connectivity index (χ4n) is 2.42. The maximum atomic E-state index is 11.9. The van der Waals surface area contributed by atoms with E-state index in [-0.39, 0.29) is 5.75 Å². The summed E-state index contributed by atoms with van der Waals surface area (Å²) >= 11 is 0. The highest BCUT2D eigenvalue weighted by atomic mass is 32.2. The summed E-state index contributed by atoms with van der Waals surface area (Å²) in [4.78, 5) is 0. The zero-order valence-electron chi connectivity index (χ0n) is 14.9. The molecule has 1 aliphatic heterocycles. The van der Waals surface area contributed by atoms with Crippen LogP contribution in [0.3, 0.4) is 0 Å². The first-order chi connectivity index (χ1) is 11.5. The van der Waals surface area contributed by atoms with E-state index in [0.29, 0.717) is 38.2 Å². The van der Waals surface area contributed by atoms with Gasteiger partial charge in [0.1, 0.15) is 0 Å². The Bertz CT molecular complexity index is 782. The Balaban J connectivity index is 1.79. The zero-order chi connectivity index (χ0) is 18.7. The molecule has 0 radical (unpaired) electrons. The molecule has 1 aromatic rings. The van der Waals surface area contributed by atoms with Crippen LogP contribution >= 0.6 is 0 Å². The van der Waals surface area contributed by atoms with Gasteiger partial charge in [0.25, 0.3) is 0 Å². The second-order valence-electron chi connectivity index (χ2n) is 7.08. The van der Waals surface area contributed by atoms with Gasteiger partial charge in [-0.2, -0.15) is 0 Å². The van der Waals surface area contributed by atoms with Crippen LogP contribution in [-0.2, 0) is 20.0 Å². The standard InChI is InChI=1S/C16H27N3O4S2/c1-16(2,3)25(22,23)18-11-4-10-17-14-6-8-15(9-7-14)19-12-5-13-24(19,20)21/h6-9,17-18H,4-5,10-13H2,1-3H3. The van der Waals surface area contributed by atoms with Crippen LogP contribution in [0, 0.1) is 0 Å². The van der Waals surface area contributed by atoms with Crippen LogP contribution in [0.25, 0.3) is 0 Å². The van der Waals surface area contributed by atoms with Crippen LogP contribution in [0.15, 0.2) is 24.3 Å². The summed E-state index contributed by atoms with van der Waals surface area (Å²) in [7, 11) is -6.46. The maximum absolute atomic E-state index is 11.9. The lowest BCUT2D eigenvalue weighted by molar-refractivity contribution is 0.544. The third-order valence-electron chi connectivity index (χ3n) is 4.04. The van der Waals surface area contributed by atoms with Crippen molar-refractivity contribution in [2.75, 3.05) is 35.0 Å².